The third-order valence-electron chi connectivity index (χ3n) is 2.14. The first-order valence-electron chi connectivity index (χ1n) is 4.39. The maximum Gasteiger partial charge on any atom is 0.270 e. The molecule has 0 fully saturated rings. The molecule has 77 valence electrons. The van der Waals surface area contributed by atoms with E-state index < -0.39 is 4.92 Å². The van der Waals surface area contributed by atoms with Crippen molar-refractivity contribution in [2.75, 3.05) is 0 Å². The van der Waals surface area contributed by atoms with Crippen LogP contribution in [-0.2, 0) is 4.79 Å². The van der Waals surface area contributed by atoms with Crippen LogP contribution >= 0.6 is 0 Å². The zero-order valence-corrected chi connectivity index (χ0v) is 8.01. The van der Waals surface area contributed by atoms with Crippen molar-refractivity contribution in [2.45, 2.75) is 0 Å². The number of rotatable bonds is 2. The molecule has 2 aromatic carbocycles. The first kappa shape index (κ1) is 10.0. The third-order valence-corrected chi connectivity index (χ3v) is 2.14. The summed E-state index contributed by atoms with van der Waals surface area (Å²) in [7, 11) is 0. The minimum atomic E-state index is -0.473. The fourth-order valence-corrected chi connectivity index (χ4v) is 1.44. The molecule has 0 unspecified atom stereocenters. The molecule has 0 amide bonds. The van der Waals surface area contributed by atoms with Crippen LogP contribution in [0.4, 0.5) is 11.4 Å². The van der Waals surface area contributed by atoms with E-state index in [-0.39, 0.29) is 5.69 Å². The van der Waals surface area contributed by atoms with E-state index in [1.807, 2.05) is 0 Å². The Morgan fingerprint density at radius 3 is 2.88 bits per heavy atom. The summed E-state index contributed by atoms with van der Waals surface area (Å²) in [6.45, 7) is 0. The third kappa shape index (κ3) is 1.67. The average molecular weight is 213 g/mol. The summed E-state index contributed by atoms with van der Waals surface area (Å²) >= 11 is 0. The van der Waals surface area contributed by atoms with Gasteiger partial charge in [-0.2, -0.15) is 4.99 Å². The lowest BCUT2D eigenvalue weighted by Gasteiger charge is -1.99. The van der Waals surface area contributed by atoms with Crippen LogP contribution in [0.25, 0.3) is 10.8 Å². The van der Waals surface area contributed by atoms with Crippen molar-refractivity contribution >= 4 is 28.2 Å². The molecule has 5 heteroatoms. The van der Waals surface area contributed by atoms with Crippen LogP contribution in [-0.4, -0.2) is 11.0 Å². The summed E-state index contributed by atoms with van der Waals surface area (Å²) in [6, 6.07) is 10.3. The van der Waals surface area contributed by atoms with Gasteiger partial charge in [0.15, 0.2) is 0 Å². The highest BCUT2D eigenvalue weighted by atomic mass is 16.6. The molecular formula is C11H5N2O3. The molecule has 0 saturated carbocycles. The number of isocyanates is 1. The smallest absolute Gasteiger partial charge is 0.258 e. The van der Waals surface area contributed by atoms with Crippen molar-refractivity contribution in [3.05, 3.63) is 46.5 Å². The quantitative estimate of drug-likeness (QED) is 0.333. The lowest BCUT2D eigenvalue weighted by atomic mass is 10.1. The molecule has 5 nitrogen and oxygen atoms in total. The van der Waals surface area contributed by atoms with Crippen LogP contribution in [0, 0.1) is 16.2 Å². The van der Waals surface area contributed by atoms with Crippen LogP contribution in [0.3, 0.4) is 0 Å². The van der Waals surface area contributed by atoms with Gasteiger partial charge in [0.25, 0.3) is 5.69 Å². The van der Waals surface area contributed by atoms with Crippen molar-refractivity contribution in [1.82, 2.24) is 0 Å². The topological polar surface area (TPSA) is 72.6 Å². The van der Waals surface area contributed by atoms with Gasteiger partial charge in [-0.05, 0) is 11.5 Å². The zero-order chi connectivity index (χ0) is 11.5. The van der Waals surface area contributed by atoms with Gasteiger partial charge in [0.05, 0.1) is 10.6 Å². The number of non-ortho nitro benzene ring substituents is 1. The highest BCUT2D eigenvalue weighted by Gasteiger charge is 2.07. The Labute approximate surface area is 90.2 Å². The Bertz CT molecular complexity index is 616. The molecule has 0 aliphatic rings. The van der Waals surface area contributed by atoms with Gasteiger partial charge in [-0.1, -0.05) is 12.1 Å². The van der Waals surface area contributed by atoms with E-state index in [4.69, 9.17) is 0 Å². The Balaban J connectivity index is 2.73. The SMILES string of the molecule is O=C=Nc1[c]ccc2cc([N+](=O)[O-])ccc12. The zero-order valence-electron chi connectivity index (χ0n) is 8.01. The van der Waals surface area contributed by atoms with E-state index >= 15 is 0 Å². The number of hydrogen-bond acceptors (Lipinski definition) is 4. The van der Waals surface area contributed by atoms with Crippen molar-refractivity contribution in [2.24, 2.45) is 4.99 Å². The average Bonchev–Trinajstić information content (AvgIpc) is 2.29. The van der Waals surface area contributed by atoms with E-state index in [0.29, 0.717) is 16.5 Å². The lowest BCUT2D eigenvalue weighted by molar-refractivity contribution is -0.384. The van der Waals surface area contributed by atoms with E-state index in [2.05, 4.69) is 11.1 Å². The molecule has 2 rings (SSSR count). The summed E-state index contributed by atoms with van der Waals surface area (Å²) in [5, 5.41) is 11.8. The van der Waals surface area contributed by atoms with Gasteiger partial charge >= 0.3 is 0 Å². The normalized spacial score (nSPS) is 9.75. The molecule has 0 saturated heterocycles. The highest BCUT2D eigenvalue weighted by molar-refractivity contribution is 5.94. The highest BCUT2D eigenvalue weighted by Crippen LogP contribution is 2.27. The summed E-state index contributed by atoms with van der Waals surface area (Å²) in [5.74, 6) is 0. The molecular weight excluding hydrogens is 208 g/mol. The van der Waals surface area contributed by atoms with Crippen molar-refractivity contribution in [3.8, 4) is 0 Å². The number of nitro benzene ring substituents is 1. The van der Waals surface area contributed by atoms with Crippen LogP contribution < -0.4 is 0 Å². The number of hydrogen-bond donors (Lipinski definition) is 0. The molecule has 2 aromatic rings. The van der Waals surface area contributed by atoms with Gasteiger partial charge in [0, 0.05) is 23.6 Å². The lowest BCUT2D eigenvalue weighted by Crippen LogP contribution is -1.87. The summed E-state index contributed by atoms with van der Waals surface area (Å²) in [4.78, 5) is 23.7. The second-order valence-corrected chi connectivity index (χ2v) is 3.06. The van der Waals surface area contributed by atoms with Crippen LogP contribution in [0.15, 0.2) is 35.3 Å². The largest absolute Gasteiger partial charge is 0.270 e. The molecule has 0 spiro atoms. The van der Waals surface area contributed by atoms with Crippen molar-refractivity contribution in [3.63, 3.8) is 0 Å². The van der Waals surface area contributed by atoms with Crippen molar-refractivity contribution in [1.29, 1.82) is 0 Å². The van der Waals surface area contributed by atoms with Crippen LogP contribution in [0.1, 0.15) is 0 Å². The molecule has 0 atom stereocenters. The molecule has 0 aliphatic heterocycles. The van der Waals surface area contributed by atoms with E-state index in [1.54, 1.807) is 18.2 Å². The first-order chi connectivity index (χ1) is 7.72. The fourth-order valence-electron chi connectivity index (χ4n) is 1.44. The van der Waals surface area contributed by atoms with Gasteiger partial charge in [-0.15, -0.1) is 0 Å². The molecule has 0 N–H and O–H groups in total. The fraction of sp³-hybridized carbons (Fsp3) is 0. The second kappa shape index (κ2) is 3.92. The van der Waals surface area contributed by atoms with Crippen LogP contribution in [0.2, 0.25) is 0 Å². The monoisotopic (exact) mass is 213 g/mol. The van der Waals surface area contributed by atoms with E-state index in [1.165, 1.54) is 18.2 Å². The predicted octanol–water partition coefficient (Wildman–Crippen LogP) is 2.52. The molecule has 1 radical (unpaired) electrons. The number of carbonyl (C=O) groups excluding carboxylic acids is 1. The summed E-state index contributed by atoms with van der Waals surface area (Å²) in [6.07, 6.45) is 1.42. The van der Waals surface area contributed by atoms with Gasteiger partial charge in [-0.25, -0.2) is 4.79 Å². The standard InChI is InChI=1S/C11H5N2O3/c14-7-12-11-3-1-2-8-6-9(13(15)16)4-5-10(8)11/h1-2,4-6H. The number of aliphatic imine (C=N–C) groups is 1. The Kier molecular flexibility index (Phi) is 2.45. The predicted molar refractivity (Wildman–Crippen MR) is 57.2 cm³/mol. The van der Waals surface area contributed by atoms with Gasteiger partial charge in [0.2, 0.25) is 6.08 Å². The maximum absolute atomic E-state index is 10.6. The minimum absolute atomic E-state index is 0.000248. The Morgan fingerprint density at radius 1 is 1.38 bits per heavy atom. The number of benzene rings is 2. The van der Waals surface area contributed by atoms with Gasteiger partial charge < -0.3 is 0 Å². The Hall–Kier alpha value is -2.52. The number of nitrogens with zero attached hydrogens (tertiary/aromatic N) is 2. The minimum Gasteiger partial charge on any atom is -0.258 e. The Morgan fingerprint density at radius 2 is 2.19 bits per heavy atom. The molecule has 0 heterocycles. The second-order valence-electron chi connectivity index (χ2n) is 3.06. The maximum atomic E-state index is 10.6. The molecule has 0 bridgehead atoms. The number of nitro groups is 1. The summed E-state index contributed by atoms with van der Waals surface area (Å²) < 4.78 is 0. The van der Waals surface area contributed by atoms with Crippen LogP contribution in [0.5, 0.6) is 0 Å². The first-order valence-corrected chi connectivity index (χ1v) is 4.39. The van der Waals surface area contributed by atoms with Gasteiger partial charge in [-0.3, -0.25) is 10.1 Å². The summed E-state index contributed by atoms with van der Waals surface area (Å²) in [5.41, 5.74) is 0.335. The van der Waals surface area contributed by atoms with E-state index in [9.17, 15) is 14.9 Å². The van der Waals surface area contributed by atoms with Crippen molar-refractivity contribution < 1.29 is 9.72 Å². The van der Waals surface area contributed by atoms with E-state index in [0.717, 1.165) is 0 Å². The molecule has 0 aliphatic carbocycles. The number of fused-ring (bicyclic) bond motifs is 1. The molecule has 0 aromatic heterocycles. The van der Waals surface area contributed by atoms with Gasteiger partial charge in [0.1, 0.15) is 0 Å². The molecule has 16 heavy (non-hydrogen) atoms.